The lowest BCUT2D eigenvalue weighted by molar-refractivity contribution is -0.178. The van der Waals surface area contributed by atoms with E-state index in [4.69, 9.17) is 31.1 Å². The Hall–Kier alpha value is -3.15. The molecular weight excluding hydrogens is 412 g/mol. The number of hydrogen-bond acceptors (Lipinski definition) is 5. The van der Waals surface area contributed by atoms with Crippen LogP contribution < -0.4 is 9.62 Å². The van der Waals surface area contributed by atoms with Crippen molar-refractivity contribution in [3.05, 3.63) is 77.6 Å². The zero-order valence-electron chi connectivity index (χ0n) is 17.5. The Bertz CT molecular complexity index is 1180. The molecule has 0 aliphatic carbocycles. The highest BCUT2D eigenvalue weighted by molar-refractivity contribution is 6.30. The molecule has 1 aromatic heterocycles. The van der Waals surface area contributed by atoms with Gasteiger partial charge in [-0.2, -0.15) is 9.87 Å². The van der Waals surface area contributed by atoms with E-state index in [1.54, 1.807) is 24.3 Å². The maximum atomic E-state index is 5.96. The molecule has 31 heavy (non-hydrogen) atoms. The summed E-state index contributed by atoms with van der Waals surface area (Å²) < 4.78 is 5.87. The van der Waals surface area contributed by atoms with Crippen LogP contribution in [0.2, 0.25) is 5.02 Å². The number of ether oxygens (including phenoxy) is 1. The second kappa shape index (κ2) is 9.77. The minimum atomic E-state index is 0.320. The van der Waals surface area contributed by atoms with E-state index in [-0.39, 0.29) is 0 Å². The Kier molecular flexibility index (Phi) is 6.65. The summed E-state index contributed by atoms with van der Waals surface area (Å²) in [5.74, 6) is 1.28. The number of rotatable bonds is 8. The van der Waals surface area contributed by atoms with E-state index >= 15 is 0 Å². The Balaban J connectivity index is 1.76. The van der Waals surface area contributed by atoms with Crippen LogP contribution in [0.4, 0.5) is 0 Å². The third kappa shape index (κ3) is 4.95. The quantitative estimate of drug-likeness (QED) is 0.220. The van der Waals surface area contributed by atoms with E-state index in [9.17, 15) is 0 Å². The van der Waals surface area contributed by atoms with Crippen LogP contribution in [0.5, 0.6) is 17.5 Å². The van der Waals surface area contributed by atoms with Gasteiger partial charge in [-0.15, -0.1) is 0 Å². The van der Waals surface area contributed by atoms with Crippen LogP contribution in [-0.2, 0) is 11.3 Å². The van der Waals surface area contributed by atoms with Crippen molar-refractivity contribution in [1.29, 1.82) is 0 Å². The van der Waals surface area contributed by atoms with Gasteiger partial charge < -0.3 is 9.62 Å². The van der Waals surface area contributed by atoms with Crippen molar-refractivity contribution >= 4 is 22.4 Å². The lowest BCUT2D eigenvalue weighted by atomic mass is 9.96. The number of aryl methyl sites for hydroxylation is 1. The molecule has 0 N–H and O–H groups in total. The number of nitrogens with zero attached hydrogens (tertiary/aromatic N) is 2. The molecule has 4 rings (SSSR count). The molecule has 1 heterocycles. The summed E-state index contributed by atoms with van der Waals surface area (Å²) >= 11 is 5.96. The molecule has 0 fully saturated rings. The molecule has 6 heteroatoms. The highest BCUT2D eigenvalue weighted by Crippen LogP contribution is 2.34. The third-order valence-electron chi connectivity index (χ3n) is 4.96. The molecule has 0 unspecified atom stereocenters. The number of hydrogen-bond donors (Lipinski definition) is 0. The molecule has 0 bridgehead atoms. The van der Waals surface area contributed by atoms with Gasteiger partial charge in [0.1, 0.15) is 5.75 Å². The average molecular weight is 435 g/mol. The monoisotopic (exact) mass is 434 g/mol. The Labute approximate surface area is 186 Å². The second-order valence-corrected chi connectivity index (χ2v) is 7.55. The highest BCUT2D eigenvalue weighted by atomic mass is 35.5. The van der Waals surface area contributed by atoms with Crippen LogP contribution in [0.3, 0.4) is 0 Å². The molecule has 0 atom stereocenters. The van der Waals surface area contributed by atoms with Crippen molar-refractivity contribution in [2.75, 3.05) is 7.11 Å². The smallest absolute Gasteiger partial charge is 0.322 e. The fraction of sp³-hybridized carbons (Fsp3) is 0.200. The van der Waals surface area contributed by atoms with Crippen molar-refractivity contribution in [2.45, 2.75) is 26.2 Å². The van der Waals surface area contributed by atoms with Crippen molar-refractivity contribution < 1.29 is 14.5 Å². The van der Waals surface area contributed by atoms with Crippen LogP contribution in [0.1, 0.15) is 25.5 Å². The van der Waals surface area contributed by atoms with Crippen molar-refractivity contribution in [3.63, 3.8) is 0 Å². The summed E-state index contributed by atoms with van der Waals surface area (Å²) in [5.41, 5.74) is 2.98. The van der Waals surface area contributed by atoms with E-state index in [1.165, 1.54) is 7.11 Å². The van der Waals surface area contributed by atoms with Gasteiger partial charge in [0.25, 0.3) is 0 Å². The van der Waals surface area contributed by atoms with Gasteiger partial charge in [0.05, 0.1) is 12.8 Å². The average Bonchev–Trinajstić information content (AvgIpc) is 2.79. The molecule has 0 aliphatic heterocycles. The molecule has 158 valence electrons. The molecule has 0 spiro atoms. The second-order valence-electron chi connectivity index (χ2n) is 7.11. The van der Waals surface area contributed by atoms with Crippen molar-refractivity contribution in [1.82, 2.24) is 9.97 Å². The van der Waals surface area contributed by atoms with Gasteiger partial charge in [-0.05, 0) is 65.6 Å². The van der Waals surface area contributed by atoms with E-state index in [2.05, 4.69) is 24.0 Å². The maximum Gasteiger partial charge on any atom is 0.322 e. The predicted octanol–water partition coefficient (Wildman–Crippen LogP) is 7.03. The molecule has 4 aromatic rings. The lowest BCUT2D eigenvalue weighted by Gasteiger charge is -2.13. The normalized spacial score (nSPS) is 10.9. The van der Waals surface area contributed by atoms with Crippen LogP contribution in [0.25, 0.3) is 21.9 Å². The van der Waals surface area contributed by atoms with Crippen LogP contribution >= 0.6 is 11.6 Å². The molecule has 5 nitrogen and oxygen atoms in total. The minimum Gasteiger partial charge on any atom is -0.424 e. The Morgan fingerprint density at radius 3 is 2.52 bits per heavy atom. The first kappa shape index (κ1) is 21.1. The van der Waals surface area contributed by atoms with E-state index < -0.39 is 0 Å². The summed E-state index contributed by atoms with van der Waals surface area (Å²) in [5, 5.41) is 2.80. The van der Waals surface area contributed by atoms with Crippen LogP contribution in [-0.4, -0.2) is 17.1 Å². The number of halogens is 1. The number of fused-ring (bicyclic) bond motifs is 1. The Morgan fingerprint density at radius 2 is 1.74 bits per heavy atom. The van der Waals surface area contributed by atoms with E-state index in [1.807, 2.05) is 30.5 Å². The van der Waals surface area contributed by atoms with Gasteiger partial charge in [0.2, 0.25) is 0 Å². The van der Waals surface area contributed by atoms with Gasteiger partial charge in [0.15, 0.2) is 5.75 Å². The molecule has 0 amide bonds. The van der Waals surface area contributed by atoms with Gasteiger partial charge in [-0.3, -0.25) is 0 Å². The van der Waals surface area contributed by atoms with E-state index in [0.29, 0.717) is 22.5 Å². The first-order chi connectivity index (χ1) is 15.2. The maximum absolute atomic E-state index is 5.96. The van der Waals surface area contributed by atoms with Crippen LogP contribution in [0, 0.1) is 0 Å². The van der Waals surface area contributed by atoms with E-state index in [0.717, 1.165) is 46.9 Å². The zero-order valence-corrected chi connectivity index (χ0v) is 18.2. The molecule has 3 aromatic carbocycles. The first-order valence-electron chi connectivity index (χ1n) is 10.2. The van der Waals surface area contributed by atoms with Gasteiger partial charge in [0, 0.05) is 16.8 Å². The molecule has 0 aliphatic rings. The first-order valence-corrected chi connectivity index (χ1v) is 10.6. The zero-order chi connectivity index (χ0) is 21.6. The lowest BCUT2D eigenvalue weighted by Crippen LogP contribution is -2.00. The molecule has 0 saturated heterocycles. The highest BCUT2D eigenvalue weighted by Gasteiger charge is 2.14. The predicted molar refractivity (Wildman–Crippen MR) is 123 cm³/mol. The van der Waals surface area contributed by atoms with Crippen LogP contribution in [0.15, 0.2) is 66.9 Å². The van der Waals surface area contributed by atoms with Crippen molar-refractivity contribution in [3.8, 4) is 28.6 Å². The van der Waals surface area contributed by atoms with Gasteiger partial charge in [-0.1, -0.05) is 49.2 Å². The third-order valence-corrected chi connectivity index (χ3v) is 5.21. The summed E-state index contributed by atoms with van der Waals surface area (Å²) in [6.45, 7) is 2.16. The number of unbranched alkanes of at least 4 members (excludes halogenated alkanes) is 1. The van der Waals surface area contributed by atoms with Gasteiger partial charge >= 0.3 is 6.01 Å². The fourth-order valence-corrected chi connectivity index (χ4v) is 3.58. The largest absolute Gasteiger partial charge is 0.424 e. The SMILES string of the molecule is CCCCc1nc(Oc2ccc(Cl)cc2)ncc1-c1cccc2ccc(OOC)cc12. The molecule has 0 radical (unpaired) electrons. The molecular formula is C25H23ClN2O3. The van der Waals surface area contributed by atoms with Gasteiger partial charge in [-0.25, -0.2) is 4.98 Å². The van der Waals surface area contributed by atoms with Crippen molar-refractivity contribution in [2.24, 2.45) is 0 Å². The fourth-order valence-electron chi connectivity index (χ4n) is 3.45. The Morgan fingerprint density at radius 1 is 0.935 bits per heavy atom. The summed E-state index contributed by atoms with van der Waals surface area (Å²) in [7, 11) is 1.49. The standard InChI is InChI=1S/C25H23ClN2O3/c1-3-4-8-24-23(16-27-25(28-24)30-19-13-10-18(26)11-14-19)21-7-5-6-17-9-12-20(31-29-2)15-22(17)21/h5-7,9-16H,3-4,8H2,1-2H3. The number of aromatic nitrogens is 2. The topological polar surface area (TPSA) is 53.5 Å². The molecule has 0 saturated carbocycles. The summed E-state index contributed by atoms with van der Waals surface area (Å²) in [6, 6.07) is 19.5. The summed E-state index contributed by atoms with van der Waals surface area (Å²) in [6.07, 6.45) is 4.75. The number of benzene rings is 3. The summed E-state index contributed by atoms with van der Waals surface area (Å²) in [4.78, 5) is 19.3. The minimum absolute atomic E-state index is 0.320.